The number of carbonyl (C=O) groups is 1. The number of hydrogen-bond acceptors (Lipinski definition) is 3. The van der Waals surface area contributed by atoms with Gasteiger partial charge in [0.05, 0.1) is 12.8 Å². The lowest BCUT2D eigenvalue weighted by molar-refractivity contribution is 0.111. The molecule has 1 fully saturated rings. The number of aromatic nitrogens is 2. The summed E-state index contributed by atoms with van der Waals surface area (Å²) in [6, 6.07) is 3.80. The van der Waals surface area contributed by atoms with Crippen LogP contribution in [0, 0.1) is 5.92 Å². The number of nitrogens with zero attached hydrogens (tertiary/aromatic N) is 2. The molecule has 0 N–H and O–H groups in total. The van der Waals surface area contributed by atoms with Crippen molar-refractivity contribution in [2.75, 3.05) is 6.61 Å². The molecule has 4 nitrogen and oxygen atoms in total. The Morgan fingerprint density at radius 1 is 1.37 bits per heavy atom. The molecule has 0 aromatic carbocycles. The maximum Gasteiger partial charge on any atom is 0.180 e. The van der Waals surface area contributed by atoms with E-state index >= 15 is 0 Å². The maximum atomic E-state index is 10.9. The third-order valence-corrected chi connectivity index (χ3v) is 3.85. The van der Waals surface area contributed by atoms with Gasteiger partial charge in [-0.1, -0.05) is 19.3 Å². The van der Waals surface area contributed by atoms with Crippen LogP contribution in [-0.2, 0) is 0 Å². The summed E-state index contributed by atoms with van der Waals surface area (Å²) in [5.74, 6) is 1.43. The van der Waals surface area contributed by atoms with Crippen LogP contribution in [0.3, 0.4) is 0 Å². The Kier molecular flexibility index (Phi) is 3.49. The van der Waals surface area contributed by atoms with Gasteiger partial charge in [0.2, 0.25) is 0 Å². The summed E-state index contributed by atoms with van der Waals surface area (Å²) in [7, 11) is 0. The number of carbonyl (C=O) groups excluding carboxylic acids is 1. The van der Waals surface area contributed by atoms with Crippen molar-refractivity contribution in [3.8, 4) is 5.75 Å². The molecule has 2 heterocycles. The van der Waals surface area contributed by atoms with Crippen LogP contribution in [0.15, 0.2) is 24.5 Å². The summed E-state index contributed by atoms with van der Waals surface area (Å²) in [6.45, 7) is 0.753. The zero-order valence-electron chi connectivity index (χ0n) is 10.9. The number of imidazole rings is 1. The molecule has 0 atom stereocenters. The highest BCUT2D eigenvalue weighted by Crippen LogP contribution is 2.26. The van der Waals surface area contributed by atoms with Gasteiger partial charge in [-0.3, -0.25) is 9.20 Å². The van der Waals surface area contributed by atoms with Gasteiger partial charge < -0.3 is 4.74 Å². The van der Waals surface area contributed by atoms with Crippen molar-refractivity contribution >= 4 is 11.9 Å². The molecule has 4 heteroatoms. The topological polar surface area (TPSA) is 43.6 Å². The Morgan fingerprint density at radius 2 is 2.21 bits per heavy atom. The molecule has 0 aliphatic heterocycles. The van der Waals surface area contributed by atoms with E-state index in [1.165, 1.54) is 32.1 Å². The molecule has 3 rings (SSSR count). The second kappa shape index (κ2) is 5.43. The maximum absolute atomic E-state index is 10.9. The van der Waals surface area contributed by atoms with E-state index in [-0.39, 0.29) is 0 Å². The Bertz CT molecular complexity index is 571. The molecule has 2 aromatic heterocycles. The average molecular weight is 258 g/mol. The first kappa shape index (κ1) is 12.2. The normalized spacial score (nSPS) is 16.6. The molecule has 0 bridgehead atoms. The third-order valence-electron chi connectivity index (χ3n) is 3.85. The van der Waals surface area contributed by atoms with Gasteiger partial charge in [0.1, 0.15) is 5.69 Å². The van der Waals surface area contributed by atoms with Crippen LogP contribution in [0.4, 0.5) is 0 Å². The molecule has 1 saturated carbocycles. The van der Waals surface area contributed by atoms with E-state index in [1.807, 2.05) is 18.3 Å². The smallest absolute Gasteiger partial charge is 0.180 e. The lowest BCUT2D eigenvalue weighted by Crippen LogP contribution is -2.15. The van der Waals surface area contributed by atoms with Gasteiger partial charge in [0.25, 0.3) is 0 Å². The predicted molar refractivity (Wildman–Crippen MR) is 72.6 cm³/mol. The van der Waals surface area contributed by atoms with E-state index in [1.54, 1.807) is 10.6 Å². The lowest BCUT2D eigenvalue weighted by atomic mass is 9.90. The molecule has 19 heavy (non-hydrogen) atoms. The van der Waals surface area contributed by atoms with Crippen molar-refractivity contribution in [1.29, 1.82) is 0 Å². The fourth-order valence-electron chi connectivity index (χ4n) is 2.77. The molecular formula is C15H18N2O2. The molecule has 0 unspecified atom stereocenters. The van der Waals surface area contributed by atoms with Gasteiger partial charge in [0, 0.05) is 6.20 Å². The van der Waals surface area contributed by atoms with Gasteiger partial charge in [-0.2, -0.15) is 0 Å². The van der Waals surface area contributed by atoms with Crippen LogP contribution < -0.4 is 4.74 Å². The van der Waals surface area contributed by atoms with E-state index in [9.17, 15) is 4.79 Å². The minimum Gasteiger partial charge on any atom is -0.489 e. The van der Waals surface area contributed by atoms with Crippen molar-refractivity contribution in [2.24, 2.45) is 5.92 Å². The van der Waals surface area contributed by atoms with Crippen molar-refractivity contribution in [3.63, 3.8) is 0 Å². The zero-order valence-corrected chi connectivity index (χ0v) is 10.9. The zero-order chi connectivity index (χ0) is 13.1. The van der Waals surface area contributed by atoms with Crippen LogP contribution in [-0.4, -0.2) is 22.3 Å². The Balaban J connectivity index is 1.76. The molecule has 0 amide bonds. The molecule has 0 saturated heterocycles. The largest absolute Gasteiger partial charge is 0.489 e. The molecular weight excluding hydrogens is 240 g/mol. The van der Waals surface area contributed by atoms with Crippen LogP contribution in [0.2, 0.25) is 0 Å². The molecule has 100 valence electrons. The van der Waals surface area contributed by atoms with Crippen molar-refractivity contribution in [2.45, 2.75) is 32.1 Å². The highest BCUT2D eigenvalue weighted by atomic mass is 16.5. The first-order valence-electron chi connectivity index (χ1n) is 6.92. The van der Waals surface area contributed by atoms with Crippen LogP contribution in [0.5, 0.6) is 5.75 Å². The van der Waals surface area contributed by atoms with E-state index in [4.69, 9.17) is 4.74 Å². The quantitative estimate of drug-likeness (QED) is 0.791. The van der Waals surface area contributed by atoms with Gasteiger partial charge in [0.15, 0.2) is 17.7 Å². The number of aldehydes is 1. The van der Waals surface area contributed by atoms with E-state index in [0.717, 1.165) is 24.3 Å². The molecule has 2 aromatic rings. The van der Waals surface area contributed by atoms with Gasteiger partial charge in [-0.25, -0.2) is 4.98 Å². The molecule has 0 spiro atoms. The van der Waals surface area contributed by atoms with E-state index in [0.29, 0.717) is 11.6 Å². The van der Waals surface area contributed by atoms with Gasteiger partial charge in [-0.05, 0) is 30.9 Å². The fraction of sp³-hybridized carbons (Fsp3) is 0.467. The van der Waals surface area contributed by atoms with Crippen LogP contribution in [0.25, 0.3) is 5.65 Å². The fourth-order valence-corrected chi connectivity index (χ4v) is 2.77. The van der Waals surface area contributed by atoms with Gasteiger partial charge in [-0.15, -0.1) is 0 Å². The first-order chi connectivity index (χ1) is 9.38. The van der Waals surface area contributed by atoms with Crippen molar-refractivity contribution in [3.05, 3.63) is 30.2 Å². The van der Waals surface area contributed by atoms with E-state index in [2.05, 4.69) is 4.98 Å². The molecule has 0 radical (unpaired) electrons. The first-order valence-corrected chi connectivity index (χ1v) is 6.92. The standard InChI is InChI=1S/C15H18N2O2/c18-10-13-9-16-15-14(7-4-8-17(13)15)19-11-12-5-2-1-3-6-12/h4,7-10,12H,1-3,5-6,11H2. The number of fused-ring (bicyclic) bond motifs is 1. The summed E-state index contributed by atoms with van der Waals surface area (Å²) in [6.07, 6.45) is 10.7. The molecule has 1 aliphatic carbocycles. The number of ether oxygens (including phenoxy) is 1. The van der Waals surface area contributed by atoms with Gasteiger partial charge >= 0.3 is 0 Å². The predicted octanol–water partition coefficient (Wildman–Crippen LogP) is 3.11. The second-order valence-electron chi connectivity index (χ2n) is 5.18. The van der Waals surface area contributed by atoms with Crippen LogP contribution >= 0.6 is 0 Å². The summed E-state index contributed by atoms with van der Waals surface area (Å²) in [4.78, 5) is 15.2. The summed E-state index contributed by atoms with van der Waals surface area (Å²) in [5.41, 5.74) is 1.28. The Hall–Kier alpha value is -1.84. The van der Waals surface area contributed by atoms with E-state index < -0.39 is 0 Å². The highest BCUT2D eigenvalue weighted by molar-refractivity contribution is 5.75. The average Bonchev–Trinajstić information content (AvgIpc) is 2.90. The summed E-state index contributed by atoms with van der Waals surface area (Å²) in [5, 5.41) is 0. The van der Waals surface area contributed by atoms with Crippen molar-refractivity contribution in [1.82, 2.24) is 9.38 Å². The minimum atomic E-state index is 0.554. The number of pyridine rings is 1. The minimum absolute atomic E-state index is 0.554. The number of rotatable bonds is 4. The van der Waals surface area contributed by atoms with Crippen molar-refractivity contribution < 1.29 is 9.53 Å². The summed E-state index contributed by atoms with van der Waals surface area (Å²) >= 11 is 0. The van der Waals surface area contributed by atoms with Crippen LogP contribution in [0.1, 0.15) is 42.6 Å². The Morgan fingerprint density at radius 3 is 3.00 bits per heavy atom. The molecule has 1 aliphatic rings. The Labute approximate surface area is 112 Å². The third kappa shape index (κ3) is 2.48. The second-order valence-corrected chi connectivity index (χ2v) is 5.18. The highest BCUT2D eigenvalue weighted by Gasteiger charge is 2.15. The SMILES string of the molecule is O=Cc1cnc2c(OCC3CCCCC3)cccn12. The number of hydrogen-bond donors (Lipinski definition) is 0. The summed E-state index contributed by atoms with van der Waals surface area (Å²) < 4.78 is 7.68. The monoisotopic (exact) mass is 258 g/mol. The lowest BCUT2D eigenvalue weighted by Gasteiger charge is -2.21.